The molecule has 129 heavy (non-hydrogen) atoms. The van der Waals surface area contributed by atoms with E-state index < -0.39 is 65.1 Å². The van der Waals surface area contributed by atoms with Gasteiger partial charge in [0.1, 0.15) is 23.9 Å². The Hall–Kier alpha value is -6.06. The zero-order chi connectivity index (χ0) is 90.7. The third-order valence-corrected chi connectivity index (χ3v) is 32.4. The maximum Gasteiger partial charge on any atom is 0.294 e. The van der Waals surface area contributed by atoms with Crippen molar-refractivity contribution in [1.29, 1.82) is 0 Å². The Labute approximate surface area is 761 Å². The highest BCUT2D eigenvalue weighted by molar-refractivity contribution is 7.86. The molecule has 12 bridgehead atoms. The fraction of sp³-hybridized carbons (Fsp3) is 0.719. The van der Waals surface area contributed by atoms with Crippen LogP contribution in [0.1, 0.15) is 239 Å². The number of carbonyl (C=O) groups excluding carboxylic acids is 3. The second-order valence-electron chi connectivity index (χ2n) is 41.0. The summed E-state index contributed by atoms with van der Waals surface area (Å²) >= 11 is 0. The van der Waals surface area contributed by atoms with Crippen LogP contribution in [0.4, 0.5) is 0 Å². The lowest BCUT2D eigenvalue weighted by Gasteiger charge is -2.57. The molecule has 15 aliphatic carbocycles. The van der Waals surface area contributed by atoms with Crippen LogP contribution in [-0.4, -0.2) is 204 Å². The summed E-state index contributed by atoms with van der Waals surface area (Å²) < 4.78 is 120. The van der Waals surface area contributed by atoms with Gasteiger partial charge in [0.25, 0.3) is 30.4 Å². The van der Waals surface area contributed by atoms with E-state index in [0.717, 1.165) is 200 Å². The Morgan fingerprint density at radius 2 is 0.767 bits per heavy atom. The van der Waals surface area contributed by atoms with E-state index in [1.54, 1.807) is 12.1 Å². The van der Waals surface area contributed by atoms with Crippen molar-refractivity contribution in [3.05, 3.63) is 119 Å². The lowest BCUT2D eigenvalue weighted by atomic mass is 9.53. The molecule has 4 aromatic carbocycles. The summed E-state index contributed by atoms with van der Waals surface area (Å²) in [6.45, 7) is 10.6. The third kappa shape index (κ3) is 23.9. The van der Waals surface area contributed by atoms with Crippen LogP contribution in [0.15, 0.2) is 102 Å². The second-order valence-corrected chi connectivity index (χ2v) is 45.4. The number of rotatable bonds is 21. The minimum Gasteiger partial charge on any atom is -0.494 e. The van der Waals surface area contributed by atoms with Crippen LogP contribution in [0.5, 0.6) is 17.2 Å². The number of hydrogen-bond donors (Lipinski definition) is 6. The molecule has 33 heteroatoms. The molecule has 3 amide bonds. The minimum atomic E-state index is -4.02. The molecule has 5 saturated heterocycles. The predicted octanol–water partition coefficient (Wildman–Crippen LogP) is 13.7. The minimum absolute atomic E-state index is 0.0564. The summed E-state index contributed by atoms with van der Waals surface area (Å²) in [6.07, 6.45) is 36.2. The second kappa shape index (κ2) is 40.5. The van der Waals surface area contributed by atoms with Gasteiger partial charge in [0.15, 0.2) is 0 Å². The van der Waals surface area contributed by atoms with Crippen molar-refractivity contribution in [1.82, 2.24) is 20.0 Å². The van der Waals surface area contributed by atoms with Gasteiger partial charge in [-0.05, 0) is 306 Å². The van der Waals surface area contributed by atoms with Crippen LogP contribution < -0.4 is 31.0 Å². The summed E-state index contributed by atoms with van der Waals surface area (Å²) in [5, 5.41) is 2.87. The predicted molar refractivity (Wildman–Crippen MR) is 476 cm³/mol. The summed E-state index contributed by atoms with van der Waals surface area (Å²) in [5.41, 5.74) is 15.7. The summed E-state index contributed by atoms with van der Waals surface area (Å²) in [7, 11) is -9.49. The van der Waals surface area contributed by atoms with E-state index in [1.165, 1.54) is 125 Å². The first kappa shape index (κ1) is 96.1. The normalized spacial score (nSPS) is 36.2. The van der Waals surface area contributed by atoms with Crippen molar-refractivity contribution in [2.24, 2.45) is 88.4 Å². The lowest BCUT2D eigenvalue weighted by molar-refractivity contribution is -0.390. The first-order valence-electron chi connectivity index (χ1n) is 47.8. The number of nitrogens with one attached hydrogen (secondary N) is 1. The van der Waals surface area contributed by atoms with Gasteiger partial charge in [-0.25, -0.2) is 0 Å². The SMILES string of the molecule is CN(CCOc1ccc(C2CCC3(CC2)OOC2(O3)C3CC4CC(C3)CC2C4)cc1)CC(N)=O.CS(=O)(=O)O.CS(=O)(=O)O.Cc1ccc(S(=O)(=O)O)cc1.NC(=O)C1CCN(CCCOc2ccc(C3CCC4(CC3)OOC3(O4)C4CC5CC(C4)CC3C5)cc2)CC1.O=C1CN(CCCOc2ccc(C3CCC4(CC3)OOC3(O4)C4CC5CC(C4)CC3C5)cc2)CCN1. The fourth-order valence-electron chi connectivity index (χ4n) is 25.7. The molecular weight excluding hydrogens is 1720 g/mol. The van der Waals surface area contributed by atoms with Crippen LogP contribution in [0, 0.1) is 83.9 Å². The van der Waals surface area contributed by atoms with Crippen molar-refractivity contribution in [3.63, 3.8) is 0 Å². The first-order chi connectivity index (χ1) is 61.5. The number of amides is 3. The topological polar surface area (TPSA) is 399 Å². The highest BCUT2D eigenvalue weighted by atomic mass is 32.2. The molecule has 0 unspecified atom stereocenters. The Morgan fingerprint density at radius 3 is 1.07 bits per heavy atom. The Kier molecular flexibility index (Phi) is 30.1. The smallest absolute Gasteiger partial charge is 0.294 e. The van der Waals surface area contributed by atoms with Gasteiger partial charge in [0.2, 0.25) is 52.4 Å². The number of nitrogens with two attached hydrogens (primary N) is 2. The molecule has 15 saturated carbocycles. The van der Waals surface area contributed by atoms with E-state index in [-0.39, 0.29) is 35.1 Å². The van der Waals surface area contributed by atoms with Crippen molar-refractivity contribution < 1.29 is 111 Å². The Morgan fingerprint density at radius 1 is 0.450 bits per heavy atom. The van der Waals surface area contributed by atoms with Crippen LogP contribution in [0.25, 0.3) is 0 Å². The number of nitrogens with zero attached hydrogens (tertiary/aromatic N) is 3. The monoisotopic (exact) mass is 1850 g/mol. The van der Waals surface area contributed by atoms with E-state index in [1.807, 2.05) is 31.0 Å². The van der Waals surface area contributed by atoms with E-state index >= 15 is 0 Å². The number of likely N-dealkylation sites (tertiary alicyclic amines) is 1. The van der Waals surface area contributed by atoms with E-state index in [4.69, 9.17) is 82.9 Å². The molecule has 4 aromatic rings. The quantitative estimate of drug-likeness (QED) is 0.0256. The van der Waals surface area contributed by atoms with Crippen molar-refractivity contribution in [2.45, 2.75) is 263 Å². The maximum atomic E-state index is 11.5. The molecule has 5 aliphatic heterocycles. The number of benzene rings is 4. The van der Waals surface area contributed by atoms with Gasteiger partial charge in [-0.3, -0.25) is 37.8 Å². The molecule has 30 nitrogen and oxygen atoms in total. The zero-order valence-corrected chi connectivity index (χ0v) is 78.0. The number of likely N-dealkylation sites (N-methyl/N-ethyl adjacent to an activating group) is 1. The molecule has 20 fully saturated rings. The largest absolute Gasteiger partial charge is 0.494 e. The number of primary amides is 2. The highest BCUT2D eigenvalue weighted by Crippen LogP contribution is 2.68. The number of aryl methyl sites for hydroxylation is 1. The number of ether oxygens (including phenoxy) is 6. The van der Waals surface area contributed by atoms with E-state index in [0.29, 0.717) is 98.7 Å². The van der Waals surface area contributed by atoms with Crippen LogP contribution >= 0.6 is 0 Å². The van der Waals surface area contributed by atoms with Crippen molar-refractivity contribution in [2.75, 3.05) is 98.3 Å². The molecule has 0 atom stereocenters. The standard InChI is InChI=1S/C31H44N2O5.C29H40N2O5.C27H38N2O5.C7H8O3S.2CH4O3S/c32-29(34)25-8-13-33(14-9-25)12-1-15-35-28-4-2-23(3-5-28)24-6-10-30(11-7-24)36-31(38-37-30)26-17-21-16-22(19-26)20-27(31)18-21;32-27-19-31(12-10-30-27)11-1-13-33-26-4-2-22(3-5-26)23-6-8-28(9-7-23)34-29(36-35-28)24-15-20-14-21(17-24)18-25(29)16-20;1-29(17-25(28)30)10-11-31-24-4-2-20(3-5-24)21-6-8-26(9-7-21)32-27(34-33-26)22-13-18-12-19(15-22)16-23(27)14-18;1-6-2-4-7(5-3-6)11(8,9)10;2*1-5(2,3)4/h2-5,21-22,24-27H,1,6-20H2,(H2,32,34);2-5,20-21,23-25H,1,6-19H2,(H,30,32);2-5,18-19,21-23H,6-17H2,1H3,(H2,28,30);2-5H,1H3,(H,8,9,10);2*1H3,(H,2,3,4). The molecule has 20 aliphatic rings. The molecular formula is C96H138N6O24S3. The van der Waals surface area contributed by atoms with Crippen LogP contribution in [-0.2, 0) is 88.3 Å². The van der Waals surface area contributed by atoms with Crippen LogP contribution in [0.2, 0.25) is 0 Å². The number of piperazine rings is 1. The molecule has 8 N–H and O–H groups in total. The molecule has 0 radical (unpaired) electrons. The first-order valence-corrected chi connectivity index (χ1v) is 52.9. The molecule has 24 rings (SSSR count). The van der Waals surface area contributed by atoms with Crippen molar-refractivity contribution in [3.8, 4) is 17.2 Å². The Bertz CT molecular complexity index is 4660. The van der Waals surface area contributed by atoms with E-state index in [9.17, 15) is 39.6 Å². The van der Waals surface area contributed by atoms with Crippen LogP contribution in [0.3, 0.4) is 0 Å². The molecule has 5 heterocycles. The van der Waals surface area contributed by atoms with Gasteiger partial charge in [0, 0.05) is 113 Å². The zero-order valence-electron chi connectivity index (χ0n) is 75.5. The summed E-state index contributed by atoms with van der Waals surface area (Å²) in [6, 6.07) is 31.8. The van der Waals surface area contributed by atoms with Gasteiger partial charge >= 0.3 is 0 Å². The number of piperidine rings is 1. The van der Waals surface area contributed by atoms with Crippen molar-refractivity contribution >= 4 is 48.1 Å². The highest BCUT2D eigenvalue weighted by Gasteiger charge is 2.70. The van der Waals surface area contributed by atoms with E-state index in [2.05, 4.69) is 75.8 Å². The third-order valence-electron chi connectivity index (χ3n) is 31.5. The molecule has 714 valence electrons. The number of carbonyl (C=O) groups is 3. The van der Waals surface area contributed by atoms with Gasteiger partial charge in [0.05, 0.1) is 43.7 Å². The summed E-state index contributed by atoms with van der Waals surface area (Å²) in [4.78, 5) is 77.0. The fourth-order valence-corrected chi connectivity index (χ4v) is 26.2. The van der Waals surface area contributed by atoms with Gasteiger partial charge in [-0.1, -0.05) is 54.1 Å². The maximum absolute atomic E-state index is 11.5. The summed E-state index contributed by atoms with van der Waals surface area (Å²) in [5.74, 6) is 9.43. The Balaban J connectivity index is 0.000000127. The molecule has 0 aromatic heterocycles. The van der Waals surface area contributed by atoms with Gasteiger partial charge in [-0.2, -0.15) is 54.6 Å². The van der Waals surface area contributed by atoms with Gasteiger partial charge in [-0.15, -0.1) is 0 Å². The average Bonchev–Trinajstić information content (AvgIpc) is 1.61. The molecule has 6 spiro atoms. The average molecular weight is 1860 g/mol. The lowest BCUT2D eigenvalue weighted by Crippen LogP contribution is -2.59. The van der Waals surface area contributed by atoms with Gasteiger partial charge < -0.3 is 50.1 Å². The number of hydrogen-bond acceptors (Lipinski definition) is 24.